The van der Waals surface area contributed by atoms with E-state index >= 15 is 0 Å². The zero-order chi connectivity index (χ0) is 19.2. The Bertz CT molecular complexity index is 839. The number of benzene rings is 2. The zero-order valence-corrected chi connectivity index (χ0v) is 14.8. The third kappa shape index (κ3) is 4.46. The molecular weight excluding hydrogens is 352 g/mol. The number of nitrogens with zero attached hydrogens (tertiary/aromatic N) is 1. The van der Waals surface area contributed by atoms with Crippen molar-refractivity contribution in [2.75, 3.05) is 19.8 Å². The number of rotatable bonds is 7. The second-order valence-corrected chi connectivity index (χ2v) is 5.94. The SMILES string of the molecule is CCC(NC(=O)COc1ccccc1[N+](=O)[O-])c1ccc2c(c1)OCCO2. The lowest BCUT2D eigenvalue weighted by atomic mass is 10.0. The molecule has 0 bridgehead atoms. The number of para-hydroxylation sites is 2. The average Bonchev–Trinajstić information content (AvgIpc) is 2.70. The van der Waals surface area contributed by atoms with Gasteiger partial charge in [0.25, 0.3) is 5.91 Å². The van der Waals surface area contributed by atoms with Crippen LogP contribution in [0.5, 0.6) is 17.2 Å². The lowest BCUT2D eigenvalue weighted by molar-refractivity contribution is -0.385. The summed E-state index contributed by atoms with van der Waals surface area (Å²) in [6.07, 6.45) is 0.664. The van der Waals surface area contributed by atoms with Gasteiger partial charge in [0.1, 0.15) is 13.2 Å². The third-order valence-corrected chi connectivity index (χ3v) is 4.13. The van der Waals surface area contributed by atoms with Crippen molar-refractivity contribution < 1.29 is 23.9 Å². The van der Waals surface area contributed by atoms with E-state index in [1.807, 2.05) is 25.1 Å². The number of carbonyl (C=O) groups is 1. The highest BCUT2D eigenvalue weighted by Crippen LogP contribution is 2.33. The molecule has 1 unspecified atom stereocenters. The standard InChI is InChI=1S/C19H20N2O6/c1-2-14(13-7-8-17-18(11-13)26-10-9-25-17)20-19(22)12-27-16-6-4-3-5-15(16)21(23)24/h3-8,11,14H,2,9-10,12H2,1H3,(H,20,22). The lowest BCUT2D eigenvalue weighted by Gasteiger charge is -2.22. The number of ether oxygens (including phenoxy) is 3. The predicted octanol–water partition coefficient (Wildman–Crippen LogP) is 3.01. The van der Waals surface area contributed by atoms with Crippen molar-refractivity contribution in [3.8, 4) is 17.2 Å². The van der Waals surface area contributed by atoms with Gasteiger partial charge in [-0.15, -0.1) is 0 Å². The Morgan fingerprint density at radius 1 is 1.22 bits per heavy atom. The number of amides is 1. The highest BCUT2D eigenvalue weighted by Gasteiger charge is 2.19. The Balaban J connectivity index is 1.63. The highest BCUT2D eigenvalue weighted by molar-refractivity contribution is 5.78. The van der Waals surface area contributed by atoms with Gasteiger partial charge in [0.15, 0.2) is 23.9 Å². The molecule has 1 aliphatic rings. The minimum atomic E-state index is -0.544. The van der Waals surface area contributed by atoms with Crippen molar-refractivity contribution in [3.63, 3.8) is 0 Å². The first kappa shape index (κ1) is 18.5. The minimum Gasteiger partial charge on any atom is -0.486 e. The zero-order valence-electron chi connectivity index (χ0n) is 14.8. The van der Waals surface area contributed by atoms with Gasteiger partial charge < -0.3 is 19.5 Å². The van der Waals surface area contributed by atoms with E-state index in [2.05, 4.69) is 5.32 Å². The van der Waals surface area contributed by atoms with E-state index in [-0.39, 0.29) is 30.0 Å². The van der Waals surface area contributed by atoms with E-state index in [1.54, 1.807) is 12.1 Å². The molecule has 2 aromatic carbocycles. The van der Waals surface area contributed by atoms with Gasteiger partial charge in [0.05, 0.1) is 11.0 Å². The Labute approximate surface area is 156 Å². The molecule has 142 valence electrons. The summed E-state index contributed by atoms with van der Waals surface area (Å²) >= 11 is 0. The topological polar surface area (TPSA) is 99.9 Å². The first-order chi connectivity index (χ1) is 13.1. The van der Waals surface area contributed by atoms with Crippen LogP contribution in [-0.2, 0) is 4.79 Å². The molecule has 0 saturated heterocycles. The monoisotopic (exact) mass is 372 g/mol. The number of nitrogens with one attached hydrogen (secondary N) is 1. The lowest BCUT2D eigenvalue weighted by Crippen LogP contribution is -2.32. The molecule has 1 heterocycles. The van der Waals surface area contributed by atoms with Crippen LogP contribution in [0.2, 0.25) is 0 Å². The number of fused-ring (bicyclic) bond motifs is 1. The summed E-state index contributed by atoms with van der Waals surface area (Å²) in [6.45, 7) is 2.64. The van der Waals surface area contributed by atoms with Crippen molar-refractivity contribution in [1.29, 1.82) is 0 Å². The molecule has 27 heavy (non-hydrogen) atoms. The largest absolute Gasteiger partial charge is 0.486 e. The maximum atomic E-state index is 12.3. The van der Waals surface area contributed by atoms with Crippen LogP contribution >= 0.6 is 0 Å². The van der Waals surface area contributed by atoms with Crippen LogP contribution in [-0.4, -0.2) is 30.7 Å². The number of nitro benzene ring substituents is 1. The Kier molecular flexibility index (Phi) is 5.75. The maximum Gasteiger partial charge on any atom is 0.310 e. The molecule has 8 nitrogen and oxygen atoms in total. The molecule has 0 radical (unpaired) electrons. The number of carbonyl (C=O) groups excluding carboxylic acids is 1. The summed E-state index contributed by atoms with van der Waals surface area (Å²) < 4.78 is 16.4. The first-order valence-corrected chi connectivity index (χ1v) is 8.63. The van der Waals surface area contributed by atoms with Gasteiger partial charge in [0, 0.05) is 6.07 Å². The van der Waals surface area contributed by atoms with E-state index in [0.29, 0.717) is 31.1 Å². The first-order valence-electron chi connectivity index (χ1n) is 8.63. The number of hydrogen-bond donors (Lipinski definition) is 1. The van der Waals surface area contributed by atoms with E-state index < -0.39 is 4.92 Å². The Hall–Kier alpha value is -3.29. The second kappa shape index (κ2) is 8.39. The fourth-order valence-corrected chi connectivity index (χ4v) is 2.81. The molecule has 2 aromatic rings. The van der Waals surface area contributed by atoms with Crippen LogP contribution in [0, 0.1) is 10.1 Å². The fraction of sp³-hybridized carbons (Fsp3) is 0.316. The Morgan fingerprint density at radius 2 is 1.96 bits per heavy atom. The summed E-state index contributed by atoms with van der Waals surface area (Å²) in [5.74, 6) is 1.04. The fourth-order valence-electron chi connectivity index (χ4n) is 2.81. The van der Waals surface area contributed by atoms with Crippen LogP contribution < -0.4 is 19.5 Å². The van der Waals surface area contributed by atoms with Crippen molar-refractivity contribution in [1.82, 2.24) is 5.32 Å². The molecule has 0 aliphatic carbocycles. The number of nitro groups is 1. The molecule has 0 saturated carbocycles. The predicted molar refractivity (Wildman–Crippen MR) is 97.2 cm³/mol. The minimum absolute atomic E-state index is 0.0602. The van der Waals surface area contributed by atoms with Crippen LogP contribution in [0.25, 0.3) is 0 Å². The summed E-state index contributed by atoms with van der Waals surface area (Å²) in [4.78, 5) is 22.7. The molecule has 1 aliphatic heterocycles. The molecule has 0 spiro atoms. The average molecular weight is 372 g/mol. The molecule has 0 aromatic heterocycles. The van der Waals surface area contributed by atoms with Crippen molar-refractivity contribution in [2.24, 2.45) is 0 Å². The van der Waals surface area contributed by atoms with Crippen molar-refractivity contribution >= 4 is 11.6 Å². The van der Waals surface area contributed by atoms with E-state index in [4.69, 9.17) is 14.2 Å². The van der Waals surface area contributed by atoms with Gasteiger partial charge in [-0.25, -0.2) is 0 Å². The molecule has 3 rings (SSSR count). The van der Waals surface area contributed by atoms with Gasteiger partial charge >= 0.3 is 5.69 Å². The molecule has 1 atom stereocenters. The van der Waals surface area contributed by atoms with Gasteiger partial charge in [-0.05, 0) is 30.2 Å². The van der Waals surface area contributed by atoms with Crippen LogP contribution in [0.1, 0.15) is 24.9 Å². The maximum absolute atomic E-state index is 12.3. The highest BCUT2D eigenvalue weighted by atomic mass is 16.6. The van der Waals surface area contributed by atoms with E-state index in [9.17, 15) is 14.9 Å². The number of hydrogen-bond acceptors (Lipinski definition) is 6. The van der Waals surface area contributed by atoms with Crippen LogP contribution in [0.4, 0.5) is 5.69 Å². The summed E-state index contributed by atoms with van der Waals surface area (Å²) in [5.41, 5.74) is 0.713. The summed E-state index contributed by atoms with van der Waals surface area (Å²) in [7, 11) is 0. The third-order valence-electron chi connectivity index (χ3n) is 4.13. The van der Waals surface area contributed by atoms with Crippen LogP contribution in [0.15, 0.2) is 42.5 Å². The Morgan fingerprint density at radius 3 is 2.70 bits per heavy atom. The normalized spacial score (nSPS) is 13.5. The van der Waals surface area contributed by atoms with E-state index in [1.165, 1.54) is 12.1 Å². The van der Waals surface area contributed by atoms with E-state index in [0.717, 1.165) is 5.56 Å². The molecule has 1 amide bonds. The summed E-state index contributed by atoms with van der Waals surface area (Å²) in [6, 6.07) is 11.3. The van der Waals surface area contributed by atoms with Gasteiger partial charge in [0.2, 0.25) is 0 Å². The van der Waals surface area contributed by atoms with Crippen molar-refractivity contribution in [3.05, 3.63) is 58.1 Å². The molecule has 8 heteroatoms. The molecular formula is C19H20N2O6. The van der Waals surface area contributed by atoms with Gasteiger partial charge in [-0.1, -0.05) is 25.1 Å². The second-order valence-electron chi connectivity index (χ2n) is 5.94. The van der Waals surface area contributed by atoms with Crippen molar-refractivity contribution in [2.45, 2.75) is 19.4 Å². The molecule has 1 N–H and O–H groups in total. The quantitative estimate of drug-likeness (QED) is 0.592. The van der Waals surface area contributed by atoms with Gasteiger partial charge in [-0.3, -0.25) is 14.9 Å². The van der Waals surface area contributed by atoms with Crippen LogP contribution in [0.3, 0.4) is 0 Å². The molecule has 0 fully saturated rings. The smallest absolute Gasteiger partial charge is 0.310 e. The van der Waals surface area contributed by atoms with Gasteiger partial charge in [-0.2, -0.15) is 0 Å². The summed E-state index contributed by atoms with van der Waals surface area (Å²) in [5, 5.41) is 13.9.